The van der Waals surface area contributed by atoms with Crippen molar-refractivity contribution in [3.05, 3.63) is 35.9 Å². The number of amides is 1. The molecule has 8 nitrogen and oxygen atoms in total. The third-order valence-electron chi connectivity index (χ3n) is 7.96. The van der Waals surface area contributed by atoms with E-state index in [1.807, 2.05) is 23.2 Å². The number of methoxy groups -OCH3 is 2. The van der Waals surface area contributed by atoms with E-state index in [9.17, 15) is 4.79 Å². The zero-order chi connectivity index (χ0) is 24.2. The fourth-order valence-electron chi connectivity index (χ4n) is 5.82. The van der Waals surface area contributed by atoms with Crippen molar-refractivity contribution in [3.8, 4) is 11.5 Å². The minimum atomic E-state index is -0.0417. The summed E-state index contributed by atoms with van der Waals surface area (Å²) in [5, 5.41) is 6.88. The van der Waals surface area contributed by atoms with Crippen LogP contribution in [-0.4, -0.2) is 99.2 Å². The van der Waals surface area contributed by atoms with Gasteiger partial charge in [0.2, 0.25) is 5.91 Å². The molecule has 0 aromatic heterocycles. The van der Waals surface area contributed by atoms with Crippen molar-refractivity contribution in [2.75, 3.05) is 66.7 Å². The van der Waals surface area contributed by atoms with E-state index in [2.05, 4.69) is 22.0 Å². The van der Waals surface area contributed by atoms with Gasteiger partial charge in [0.05, 0.1) is 45.1 Å². The van der Waals surface area contributed by atoms with Crippen LogP contribution in [0.15, 0.2) is 35.5 Å². The quantitative estimate of drug-likeness (QED) is 0.517. The molecule has 4 aliphatic rings. The molecule has 5 rings (SSSR count). The second kappa shape index (κ2) is 12.4. The first kappa shape index (κ1) is 26.9. The number of allylic oxidation sites excluding steroid dienone is 2. The lowest BCUT2D eigenvalue weighted by molar-refractivity contribution is -0.141. The fraction of sp³-hybridized carbons (Fsp3) is 0.630. The van der Waals surface area contributed by atoms with Crippen molar-refractivity contribution < 1.29 is 19.0 Å². The highest BCUT2D eigenvalue weighted by atomic mass is 35.5. The van der Waals surface area contributed by atoms with Gasteiger partial charge in [0.15, 0.2) is 11.5 Å². The number of carbonyl (C=O) groups is 1. The smallest absolute Gasteiger partial charge is 0.247 e. The van der Waals surface area contributed by atoms with E-state index in [-0.39, 0.29) is 36.2 Å². The van der Waals surface area contributed by atoms with Crippen LogP contribution < -0.4 is 9.47 Å². The maximum atomic E-state index is 13.6. The summed E-state index contributed by atoms with van der Waals surface area (Å²) in [6, 6.07) is 6.12. The van der Waals surface area contributed by atoms with Crippen LogP contribution in [0, 0.1) is 11.8 Å². The SMILES string of the molecule is COc1ccc(C2=NN(C3CCN(CCN4CCOCC4)CC3)C(=O)[C@@H]3CC=CC[C@H]23)cc1OC.Cl. The molecule has 0 saturated carbocycles. The monoisotopic (exact) mass is 518 g/mol. The molecule has 3 aliphatic heterocycles. The fourth-order valence-corrected chi connectivity index (χ4v) is 5.82. The minimum absolute atomic E-state index is 0. The summed E-state index contributed by atoms with van der Waals surface area (Å²) in [4.78, 5) is 18.6. The van der Waals surface area contributed by atoms with Gasteiger partial charge >= 0.3 is 0 Å². The van der Waals surface area contributed by atoms with Crippen LogP contribution in [0.2, 0.25) is 0 Å². The molecule has 36 heavy (non-hydrogen) atoms. The number of hydrogen-bond donors (Lipinski definition) is 0. The average Bonchev–Trinajstić information content (AvgIpc) is 2.93. The summed E-state index contributed by atoms with van der Waals surface area (Å²) in [6.45, 7) is 7.94. The molecule has 0 spiro atoms. The van der Waals surface area contributed by atoms with Crippen LogP contribution in [0.4, 0.5) is 0 Å². The van der Waals surface area contributed by atoms with Crippen molar-refractivity contribution in [2.24, 2.45) is 16.9 Å². The maximum Gasteiger partial charge on any atom is 0.247 e. The lowest BCUT2D eigenvalue weighted by Crippen LogP contribution is -2.52. The number of nitrogens with zero attached hydrogens (tertiary/aromatic N) is 4. The maximum absolute atomic E-state index is 13.6. The van der Waals surface area contributed by atoms with Crippen LogP contribution in [0.1, 0.15) is 31.2 Å². The van der Waals surface area contributed by atoms with Crippen molar-refractivity contribution >= 4 is 24.0 Å². The topological polar surface area (TPSA) is 66.8 Å². The first-order chi connectivity index (χ1) is 17.2. The predicted molar refractivity (Wildman–Crippen MR) is 142 cm³/mol. The molecule has 2 atom stereocenters. The molecule has 0 radical (unpaired) electrons. The number of likely N-dealkylation sites (tertiary alicyclic amines) is 1. The average molecular weight is 519 g/mol. The summed E-state index contributed by atoms with van der Waals surface area (Å²) in [6.07, 6.45) is 7.90. The predicted octanol–water partition coefficient (Wildman–Crippen LogP) is 3.05. The first-order valence-electron chi connectivity index (χ1n) is 13.0. The summed E-state index contributed by atoms with van der Waals surface area (Å²) in [5.74, 6) is 1.64. The lowest BCUT2D eigenvalue weighted by Gasteiger charge is -2.43. The zero-order valence-electron chi connectivity index (χ0n) is 21.4. The van der Waals surface area contributed by atoms with E-state index in [1.54, 1.807) is 14.2 Å². The molecular weight excluding hydrogens is 480 g/mol. The summed E-state index contributed by atoms with van der Waals surface area (Å²) < 4.78 is 16.5. The van der Waals surface area contributed by atoms with E-state index < -0.39 is 0 Å². The van der Waals surface area contributed by atoms with Crippen LogP contribution in [0.25, 0.3) is 0 Å². The minimum Gasteiger partial charge on any atom is -0.493 e. The van der Waals surface area contributed by atoms with Crippen LogP contribution in [0.3, 0.4) is 0 Å². The van der Waals surface area contributed by atoms with Gasteiger partial charge in [0.1, 0.15) is 0 Å². The van der Waals surface area contributed by atoms with Gasteiger partial charge in [0, 0.05) is 50.7 Å². The number of ether oxygens (including phenoxy) is 3. The Labute approximate surface area is 220 Å². The molecular formula is C27H39ClN4O4. The largest absolute Gasteiger partial charge is 0.493 e. The van der Waals surface area contributed by atoms with Gasteiger partial charge in [-0.25, -0.2) is 5.01 Å². The van der Waals surface area contributed by atoms with E-state index in [0.29, 0.717) is 11.5 Å². The number of fused-ring (bicyclic) bond motifs is 1. The van der Waals surface area contributed by atoms with E-state index in [1.165, 1.54) is 0 Å². The second-order valence-electron chi connectivity index (χ2n) is 9.92. The Morgan fingerprint density at radius 1 is 0.917 bits per heavy atom. The Hall–Kier alpha value is -2.13. The van der Waals surface area contributed by atoms with Gasteiger partial charge in [-0.05, 0) is 43.9 Å². The van der Waals surface area contributed by atoms with Gasteiger partial charge in [-0.15, -0.1) is 12.4 Å². The normalized spacial score (nSPS) is 25.7. The molecule has 3 heterocycles. The highest BCUT2D eigenvalue weighted by molar-refractivity contribution is 6.07. The molecule has 2 saturated heterocycles. The Kier molecular flexibility index (Phi) is 9.28. The summed E-state index contributed by atoms with van der Waals surface area (Å²) in [7, 11) is 3.30. The van der Waals surface area contributed by atoms with Crippen molar-refractivity contribution in [2.45, 2.75) is 31.7 Å². The Balaban J connectivity index is 0.00000304. The number of rotatable bonds is 7. The molecule has 2 fully saturated rings. The third kappa shape index (κ3) is 5.72. The highest BCUT2D eigenvalue weighted by Crippen LogP contribution is 2.38. The third-order valence-corrected chi connectivity index (χ3v) is 7.96. The van der Waals surface area contributed by atoms with Crippen molar-refractivity contribution in [3.63, 3.8) is 0 Å². The number of piperidine rings is 1. The molecule has 198 valence electrons. The van der Waals surface area contributed by atoms with Gasteiger partial charge in [-0.1, -0.05) is 12.2 Å². The summed E-state index contributed by atoms with van der Waals surface area (Å²) in [5.41, 5.74) is 2.00. The molecule has 1 aliphatic carbocycles. The summed E-state index contributed by atoms with van der Waals surface area (Å²) >= 11 is 0. The van der Waals surface area contributed by atoms with E-state index in [4.69, 9.17) is 19.3 Å². The molecule has 1 aromatic rings. The Morgan fingerprint density at radius 3 is 2.22 bits per heavy atom. The van der Waals surface area contributed by atoms with Gasteiger partial charge < -0.3 is 19.1 Å². The Morgan fingerprint density at radius 2 is 1.56 bits per heavy atom. The zero-order valence-corrected chi connectivity index (χ0v) is 22.3. The molecule has 1 aromatic carbocycles. The highest BCUT2D eigenvalue weighted by Gasteiger charge is 2.42. The second-order valence-corrected chi connectivity index (χ2v) is 9.92. The van der Waals surface area contributed by atoms with Crippen LogP contribution >= 0.6 is 12.4 Å². The number of morpholine rings is 1. The van der Waals surface area contributed by atoms with Crippen LogP contribution in [0.5, 0.6) is 11.5 Å². The number of carbonyl (C=O) groups excluding carboxylic acids is 1. The van der Waals surface area contributed by atoms with Gasteiger partial charge in [0.25, 0.3) is 0 Å². The number of benzene rings is 1. The van der Waals surface area contributed by atoms with Crippen LogP contribution in [-0.2, 0) is 9.53 Å². The van der Waals surface area contributed by atoms with Crippen molar-refractivity contribution in [1.29, 1.82) is 0 Å². The van der Waals surface area contributed by atoms with E-state index >= 15 is 0 Å². The standard InChI is InChI=1S/C27H38N4O4.ClH/c1-33-24-8-7-20(19-25(24)34-2)26-22-5-3-4-6-23(22)27(32)31(28-26)21-9-11-29(12-10-21)13-14-30-15-17-35-18-16-30;/h3-4,7-8,19,21-23H,5-6,9-18H2,1-2H3;1H/t22-,23+;/m0./s1. The number of halogens is 1. The van der Waals surface area contributed by atoms with Gasteiger partial charge in [-0.3, -0.25) is 9.69 Å². The van der Waals surface area contributed by atoms with Crippen molar-refractivity contribution in [1.82, 2.24) is 14.8 Å². The number of hydrazone groups is 1. The first-order valence-corrected chi connectivity index (χ1v) is 13.0. The Bertz CT molecular complexity index is 957. The number of hydrogen-bond acceptors (Lipinski definition) is 7. The van der Waals surface area contributed by atoms with Gasteiger partial charge in [-0.2, -0.15) is 5.10 Å². The molecule has 0 N–H and O–H groups in total. The molecule has 9 heteroatoms. The molecule has 0 bridgehead atoms. The van der Waals surface area contributed by atoms with E-state index in [0.717, 1.165) is 89.4 Å². The molecule has 1 amide bonds. The molecule has 0 unspecified atom stereocenters. The lowest BCUT2D eigenvalue weighted by atomic mass is 9.76.